The van der Waals surface area contributed by atoms with E-state index in [2.05, 4.69) is 10.3 Å². The number of hydrogen-bond donors (Lipinski definition) is 1. The molecule has 0 fully saturated rings. The van der Waals surface area contributed by atoms with Gasteiger partial charge in [-0.05, 0) is 17.7 Å². The van der Waals surface area contributed by atoms with Crippen molar-refractivity contribution >= 4 is 0 Å². The zero-order chi connectivity index (χ0) is 16.6. The van der Waals surface area contributed by atoms with E-state index in [0.717, 1.165) is 18.0 Å². The van der Waals surface area contributed by atoms with Gasteiger partial charge in [0.1, 0.15) is 17.7 Å². The topological polar surface area (TPSA) is 39.1 Å². The molecule has 1 aromatic carbocycles. The Balaban J connectivity index is 2.10. The van der Waals surface area contributed by atoms with Crippen LogP contribution in [-0.4, -0.2) is 23.2 Å². The summed E-state index contributed by atoms with van der Waals surface area (Å²) in [5, 5.41) is 3.14. The number of fused-ring (bicyclic) bond motifs is 1. The number of benzene rings is 1. The van der Waals surface area contributed by atoms with Crippen LogP contribution in [0.2, 0.25) is 0 Å². The molecule has 23 heavy (non-hydrogen) atoms. The predicted molar refractivity (Wildman–Crippen MR) is 74.2 cm³/mol. The molecule has 2 heterocycles. The normalized spacial score (nSPS) is 16.2. The van der Waals surface area contributed by atoms with Gasteiger partial charge in [0, 0.05) is 20.2 Å². The monoisotopic (exact) mass is 329 g/mol. The second-order valence-electron chi connectivity index (χ2n) is 5.27. The number of hydrogen-bond acceptors (Lipinski definition) is 3. The fraction of sp³-hybridized carbons (Fsp3) is 0.400. The van der Waals surface area contributed by atoms with Gasteiger partial charge in [-0.15, -0.1) is 0 Å². The molecule has 0 saturated carbocycles. The van der Waals surface area contributed by atoms with Crippen molar-refractivity contribution in [3.63, 3.8) is 0 Å². The zero-order valence-electron chi connectivity index (χ0n) is 12.3. The third kappa shape index (κ3) is 2.96. The van der Waals surface area contributed by atoms with Crippen LogP contribution in [0.15, 0.2) is 24.4 Å². The van der Waals surface area contributed by atoms with Crippen molar-refractivity contribution < 1.29 is 22.3 Å². The van der Waals surface area contributed by atoms with Gasteiger partial charge in [-0.25, -0.2) is 9.37 Å². The van der Waals surface area contributed by atoms with Crippen LogP contribution in [-0.2, 0) is 24.0 Å². The summed E-state index contributed by atoms with van der Waals surface area (Å²) in [4.78, 5) is 4.23. The van der Waals surface area contributed by atoms with Crippen molar-refractivity contribution in [2.45, 2.75) is 25.4 Å². The molecular formula is C15H15F4N3O. The number of halogens is 4. The van der Waals surface area contributed by atoms with Gasteiger partial charge in [0.15, 0.2) is 0 Å². The highest BCUT2D eigenvalue weighted by Crippen LogP contribution is 2.38. The van der Waals surface area contributed by atoms with Crippen LogP contribution in [0.3, 0.4) is 0 Å². The highest BCUT2D eigenvalue weighted by molar-refractivity contribution is 5.36. The van der Waals surface area contributed by atoms with Crippen molar-refractivity contribution in [2.24, 2.45) is 0 Å². The Hall–Kier alpha value is -1.93. The van der Waals surface area contributed by atoms with E-state index >= 15 is 0 Å². The molecule has 0 spiro atoms. The maximum atomic E-state index is 13.3. The summed E-state index contributed by atoms with van der Waals surface area (Å²) in [5.74, 6) is -0.195. The molecule has 4 nitrogen and oxygen atoms in total. The van der Waals surface area contributed by atoms with Crippen LogP contribution in [0.1, 0.15) is 28.7 Å². The minimum atomic E-state index is -4.67. The predicted octanol–water partition coefficient (Wildman–Crippen LogP) is 2.88. The summed E-state index contributed by atoms with van der Waals surface area (Å²) < 4.78 is 60.2. The maximum Gasteiger partial charge on any atom is 0.416 e. The Bertz CT molecular complexity index is 711. The van der Waals surface area contributed by atoms with Gasteiger partial charge in [0.05, 0.1) is 24.0 Å². The summed E-state index contributed by atoms with van der Waals surface area (Å²) in [6.07, 6.45) is -4.12. The molecule has 1 aliphatic heterocycles. The molecule has 0 saturated heterocycles. The van der Waals surface area contributed by atoms with Crippen LogP contribution < -0.4 is 5.32 Å². The SMILES string of the molecule is COC(c1ccc(F)cc1C(F)(F)F)c1cnc2n1CCNC2. The molecule has 0 amide bonds. The Morgan fingerprint density at radius 1 is 1.35 bits per heavy atom. The number of aromatic nitrogens is 2. The Morgan fingerprint density at radius 3 is 2.83 bits per heavy atom. The Labute approximate surface area is 130 Å². The van der Waals surface area contributed by atoms with E-state index in [-0.39, 0.29) is 5.56 Å². The quantitative estimate of drug-likeness (QED) is 0.880. The van der Waals surface area contributed by atoms with Crippen molar-refractivity contribution in [3.05, 3.63) is 52.9 Å². The van der Waals surface area contributed by atoms with Gasteiger partial charge in [0.25, 0.3) is 0 Å². The molecule has 1 aliphatic rings. The lowest BCUT2D eigenvalue weighted by Crippen LogP contribution is -2.30. The third-order valence-electron chi connectivity index (χ3n) is 3.87. The number of rotatable bonds is 3. The zero-order valence-corrected chi connectivity index (χ0v) is 12.3. The van der Waals surface area contributed by atoms with Gasteiger partial charge in [-0.1, -0.05) is 6.07 Å². The lowest BCUT2D eigenvalue weighted by Gasteiger charge is -2.24. The number of ether oxygens (including phenoxy) is 1. The van der Waals surface area contributed by atoms with Crippen LogP contribution >= 0.6 is 0 Å². The highest BCUT2D eigenvalue weighted by Gasteiger charge is 2.37. The first-order chi connectivity index (χ1) is 10.9. The molecule has 1 N–H and O–H groups in total. The van der Waals surface area contributed by atoms with E-state index in [0.29, 0.717) is 31.4 Å². The fourth-order valence-electron chi connectivity index (χ4n) is 2.84. The second kappa shape index (κ2) is 5.93. The minimum absolute atomic E-state index is 0.123. The molecule has 0 radical (unpaired) electrons. The summed E-state index contributed by atoms with van der Waals surface area (Å²) in [7, 11) is 1.33. The fourth-order valence-corrected chi connectivity index (χ4v) is 2.84. The number of methoxy groups -OCH3 is 1. The van der Waals surface area contributed by atoms with Crippen molar-refractivity contribution in [1.82, 2.24) is 14.9 Å². The molecule has 3 rings (SSSR count). The van der Waals surface area contributed by atoms with Crippen molar-refractivity contribution in [2.75, 3.05) is 13.7 Å². The van der Waals surface area contributed by atoms with E-state index in [1.54, 1.807) is 0 Å². The first-order valence-electron chi connectivity index (χ1n) is 7.06. The molecule has 124 valence electrons. The molecule has 8 heteroatoms. The van der Waals surface area contributed by atoms with Gasteiger partial charge in [0.2, 0.25) is 0 Å². The standard InChI is InChI=1S/C15H15F4N3O/c1-23-14(12-7-21-13-8-20-4-5-22(12)13)10-3-2-9(16)6-11(10)15(17,18)19/h2-3,6-7,14,20H,4-5,8H2,1H3. The Morgan fingerprint density at radius 2 is 2.13 bits per heavy atom. The summed E-state index contributed by atoms with van der Waals surface area (Å²) in [6.45, 7) is 1.83. The molecule has 1 aromatic heterocycles. The first kappa shape index (κ1) is 15.9. The summed E-state index contributed by atoms with van der Waals surface area (Å²) >= 11 is 0. The van der Waals surface area contributed by atoms with Gasteiger partial charge >= 0.3 is 6.18 Å². The molecular weight excluding hydrogens is 314 g/mol. The van der Waals surface area contributed by atoms with E-state index < -0.39 is 23.7 Å². The van der Waals surface area contributed by atoms with Crippen LogP contribution in [0.4, 0.5) is 17.6 Å². The van der Waals surface area contributed by atoms with E-state index in [4.69, 9.17) is 4.74 Å². The molecule has 0 aliphatic carbocycles. The van der Waals surface area contributed by atoms with Crippen LogP contribution in [0.25, 0.3) is 0 Å². The van der Waals surface area contributed by atoms with Gasteiger partial charge in [-0.3, -0.25) is 0 Å². The molecule has 0 bridgehead atoms. The molecule has 1 atom stereocenters. The Kier molecular flexibility index (Phi) is 4.11. The average Bonchev–Trinajstić information content (AvgIpc) is 2.93. The first-order valence-corrected chi connectivity index (χ1v) is 7.06. The largest absolute Gasteiger partial charge is 0.416 e. The lowest BCUT2D eigenvalue weighted by molar-refractivity contribution is -0.139. The molecule has 2 aromatic rings. The van der Waals surface area contributed by atoms with Crippen molar-refractivity contribution in [3.8, 4) is 0 Å². The lowest BCUT2D eigenvalue weighted by atomic mass is 9.99. The van der Waals surface area contributed by atoms with Crippen molar-refractivity contribution in [1.29, 1.82) is 0 Å². The number of imidazole rings is 1. The number of nitrogens with one attached hydrogen (secondary N) is 1. The summed E-state index contributed by atoms with van der Waals surface area (Å²) in [5.41, 5.74) is -0.627. The number of alkyl halides is 3. The minimum Gasteiger partial charge on any atom is -0.370 e. The van der Waals surface area contributed by atoms with E-state index in [1.807, 2.05) is 4.57 Å². The van der Waals surface area contributed by atoms with Gasteiger partial charge < -0.3 is 14.6 Å². The third-order valence-corrected chi connectivity index (χ3v) is 3.87. The average molecular weight is 329 g/mol. The van der Waals surface area contributed by atoms with Crippen LogP contribution in [0, 0.1) is 5.82 Å². The maximum absolute atomic E-state index is 13.3. The van der Waals surface area contributed by atoms with E-state index in [9.17, 15) is 17.6 Å². The van der Waals surface area contributed by atoms with E-state index in [1.165, 1.54) is 13.3 Å². The second-order valence-corrected chi connectivity index (χ2v) is 5.27. The smallest absolute Gasteiger partial charge is 0.370 e. The number of nitrogens with zero attached hydrogens (tertiary/aromatic N) is 2. The van der Waals surface area contributed by atoms with Gasteiger partial charge in [-0.2, -0.15) is 13.2 Å². The highest BCUT2D eigenvalue weighted by atomic mass is 19.4. The molecule has 1 unspecified atom stereocenters. The van der Waals surface area contributed by atoms with Crippen LogP contribution in [0.5, 0.6) is 0 Å². The summed E-state index contributed by atoms with van der Waals surface area (Å²) in [6, 6.07) is 2.62.